The van der Waals surface area contributed by atoms with Gasteiger partial charge in [-0.2, -0.15) is 0 Å². The summed E-state index contributed by atoms with van der Waals surface area (Å²) < 4.78 is 2.24. The Morgan fingerprint density at radius 3 is 2.65 bits per heavy atom. The van der Waals surface area contributed by atoms with Crippen LogP contribution in [-0.4, -0.2) is 10.8 Å². The van der Waals surface area contributed by atoms with Crippen LogP contribution in [-0.2, 0) is 6.54 Å². The lowest BCUT2D eigenvalue weighted by molar-refractivity contribution is 0.835. The van der Waals surface area contributed by atoms with Gasteiger partial charge in [-0.25, -0.2) is 0 Å². The van der Waals surface area contributed by atoms with E-state index in [0.717, 1.165) is 17.5 Å². The molecule has 20 heavy (non-hydrogen) atoms. The molecule has 0 saturated heterocycles. The summed E-state index contributed by atoms with van der Waals surface area (Å²) in [4.78, 5) is 0. The number of fused-ring (bicyclic) bond motifs is 1. The predicted molar refractivity (Wildman–Crippen MR) is 84.8 cm³/mol. The van der Waals surface area contributed by atoms with Crippen LogP contribution in [0, 0.1) is 19.3 Å². The van der Waals surface area contributed by atoms with Crippen molar-refractivity contribution in [1.29, 1.82) is 5.41 Å². The first kappa shape index (κ1) is 12.7. The third kappa shape index (κ3) is 2.14. The predicted octanol–water partition coefficient (Wildman–Crippen LogP) is 4.30. The molecule has 0 bridgehead atoms. The smallest absolute Gasteiger partial charge is 0.0490 e. The molecule has 3 aromatic rings. The summed E-state index contributed by atoms with van der Waals surface area (Å²) in [6.07, 6.45) is 3.52. The molecule has 0 spiro atoms. The molecule has 2 heteroatoms. The van der Waals surface area contributed by atoms with Gasteiger partial charge in [0.25, 0.3) is 0 Å². The molecular weight excluding hydrogens is 244 g/mol. The van der Waals surface area contributed by atoms with E-state index < -0.39 is 0 Å². The van der Waals surface area contributed by atoms with Gasteiger partial charge in [0.2, 0.25) is 0 Å². The van der Waals surface area contributed by atoms with Crippen molar-refractivity contribution in [2.45, 2.75) is 20.4 Å². The monoisotopic (exact) mass is 262 g/mol. The first-order valence-electron chi connectivity index (χ1n) is 6.83. The van der Waals surface area contributed by atoms with E-state index in [0.29, 0.717) is 0 Å². The maximum atomic E-state index is 7.47. The fourth-order valence-electron chi connectivity index (χ4n) is 2.61. The van der Waals surface area contributed by atoms with Crippen LogP contribution in [0.5, 0.6) is 0 Å². The number of nitrogens with zero attached hydrogens (tertiary/aromatic N) is 1. The van der Waals surface area contributed by atoms with Crippen LogP contribution in [0.1, 0.15) is 22.3 Å². The summed E-state index contributed by atoms with van der Waals surface area (Å²) in [5.74, 6) is 0. The molecule has 0 fully saturated rings. The van der Waals surface area contributed by atoms with E-state index in [2.05, 4.69) is 54.9 Å². The van der Waals surface area contributed by atoms with Crippen LogP contribution >= 0.6 is 0 Å². The van der Waals surface area contributed by atoms with E-state index in [-0.39, 0.29) is 0 Å². The minimum absolute atomic E-state index is 0.867. The number of rotatable bonds is 3. The zero-order valence-electron chi connectivity index (χ0n) is 11.9. The molecule has 0 aliphatic heterocycles. The van der Waals surface area contributed by atoms with Gasteiger partial charge in [0, 0.05) is 35.4 Å². The normalized spacial score (nSPS) is 10.9. The Bertz CT molecular complexity index is 781. The Labute approximate surface area is 119 Å². The molecule has 2 aromatic carbocycles. The molecule has 0 aliphatic carbocycles. The van der Waals surface area contributed by atoms with Crippen molar-refractivity contribution >= 4 is 17.1 Å². The quantitative estimate of drug-likeness (QED) is 0.682. The van der Waals surface area contributed by atoms with Crippen molar-refractivity contribution in [3.05, 3.63) is 70.9 Å². The Balaban J connectivity index is 2.02. The zero-order chi connectivity index (χ0) is 14.1. The molecule has 1 N–H and O–H groups in total. The lowest BCUT2D eigenvalue weighted by Gasteiger charge is -2.08. The van der Waals surface area contributed by atoms with Crippen molar-refractivity contribution in [3.63, 3.8) is 0 Å². The molecule has 0 unspecified atom stereocenters. The molecule has 0 amide bonds. The Kier molecular flexibility index (Phi) is 3.15. The number of hydrogen-bond donors (Lipinski definition) is 1. The molecule has 0 radical (unpaired) electrons. The van der Waals surface area contributed by atoms with Crippen molar-refractivity contribution in [3.8, 4) is 0 Å². The van der Waals surface area contributed by atoms with Crippen molar-refractivity contribution in [1.82, 2.24) is 4.57 Å². The van der Waals surface area contributed by atoms with E-state index in [1.54, 1.807) is 0 Å². The van der Waals surface area contributed by atoms with Crippen LogP contribution in [0.25, 0.3) is 10.9 Å². The lowest BCUT2D eigenvalue weighted by Crippen LogP contribution is -1.99. The van der Waals surface area contributed by atoms with Crippen LogP contribution in [0.4, 0.5) is 0 Å². The Hall–Kier alpha value is -2.35. The number of benzene rings is 2. The van der Waals surface area contributed by atoms with E-state index >= 15 is 0 Å². The largest absolute Gasteiger partial charge is 0.343 e. The van der Waals surface area contributed by atoms with Gasteiger partial charge in [0.05, 0.1) is 0 Å². The second kappa shape index (κ2) is 4.97. The lowest BCUT2D eigenvalue weighted by atomic mass is 10.1. The maximum absolute atomic E-state index is 7.47. The molecule has 100 valence electrons. The Morgan fingerprint density at radius 2 is 1.90 bits per heavy atom. The first-order valence-corrected chi connectivity index (χ1v) is 6.83. The van der Waals surface area contributed by atoms with Gasteiger partial charge >= 0.3 is 0 Å². The average molecular weight is 262 g/mol. The molecule has 0 atom stereocenters. The molecule has 0 aliphatic rings. The van der Waals surface area contributed by atoms with E-state index in [1.165, 1.54) is 28.4 Å². The summed E-state index contributed by atoms with van der Waals surface area (Å²) in [5.41, 5.74) is 6.13. The maximum Gasteiger partial charge on any atom is 0.0490 e. The van der Waals surface area contributed by atoms with Gasteiger partial charge in [-0.3, -0.25) is 0 Å². The summed E-state index contributed by atoms with van der Waals surface area (Å²) >= 11 is 0. The van der Waals surface area contributed by atoms with Gasteiger partial charge in [0.1, 0.15) is 0 Å². The van der Waals surface area contributed by atoms with Crippen molar-refractivity contribution in [2.75, 3.05) is 0 Å². The van der Waals surface area contributed by atoms with Gasteiger partial charge in [-0.05, 0) is 42.7 Å². The SMILES string of the molecule is Cc1ccc(Cn2ccc3c(C=N)cccc32)cc1C. The van der Waals surface area contributed by atoms with E-state index in [1.807, 2.05) is 12.1 Å². The third-order valence-corrected chi connectivity index (χ3v) is 3.93. The minimum Gasteiger partial charge on any atom is -0.343 e. The topological polar surface area (TPSA) is 28.8 Å². The highest BCUT2D eigenvalue weighted by Crippen LogP contribution is 2.21. The summed E-state index contributed by atoms with van der Waals surface area (Å²) in [7, 11) is 0. The van der Waals surface area contributed by atoms with Crippen molar-refractivity contribution < 1.29 is 0 Å². The highest BCUT2D eigenvalue weighted by molar-refractivity contribution is 5.97. The fraction of sp³-hybridized carbons (Fsp3) is 0.167. The van der Waals surface area contributed by atoms with E-state index in [4.69, 9.17) is 5.41 Å². The molecule has 1 aromatic heterocycles. The van der Waals surface area contributed by atoms with Crippen LogP contribution in [0.15, 0.2) is 48.7 Å². The number of aromatic nitrogens is 1. The highest BCUT2D eigenvalue weighted by Gasteiger charge is 2.05. The second-order valence-electron chi connectivity index (χ2n) is 5.29. The summed E-state index contributed by atoms with van der Waals surface area (Å²) in [6.45, 7) is 5.16. The molecule has 2 nitrogen and oxygen atoms in total. The minimum atomic E-state index is 0.867. The summed E-state index contributed by atoms with van der Waals surface area (Å²) in [6, 6.07) is 14.8. The molecule has 1 heterocycles. The van der Waals surface area contributed by atoms with Crippen molar-refractivity contribution in [2.24, 2.45) is 0 Å². The standard InChI is InChI=1S/C18H18N2/c1-13-6-7-15(10-14(13)2)12-20-9-8-17-16(11-19)4-3-5-18(17)20/h3-11,19H,12H2,1-2H3. The third-order valence-electron chi connectivity index (χ3n) is 3.93. The molecular formula is C18H18N2. The highest BCUT2D eigenvalue weighted by atomic mass is 14.9. The van der Waals surface area contributed by atoms with Gasteiger partial charge in [0.15, 0.2) is 0 Å². The molecule has 3 rings (SSSR count). The number of hydrogen-bond acceptors (Lipinski definition) is 1. The first-order chi connectivity index (χ1) is 9.69. The number of aryl methyl sites for hydroxylation is 2. The average Bonchev–Trinajstić information content (AvgIpc) is 2.86. The summed E-state index contributed by atoms with van der Waals surface area (Å²) in [5, 5.41) is 8.62. The number of nitrogens with one attached hydrogen (secondary N) is 1. The fourth-order valence-corrected chi connectivity index (χ4v) is 2.61. The zero-order valence-corrected chi connectivity index (χ0v) is 11.9. The second-order valence-corrected chi connectivity index (χ2v) is 5.29. The van der Waals surface area contributed by atoms with Crippen LogP contribution < -0.4 is 0 Å². The van der Waals surface area contributed by atoms with Crippen LogP contribution in [0.2, 0.25) is 0 Å². The van der Waals surface area contributed by atoms with Gasteiger partial charge in [-0.1, -0.05) is 30.3 Å². The Morgan fingerprint density at radius 1 is 1.05 bits per heavy atom. The van der Waals surface area contributed by atoms with Crippen LogP contribution in [0.3, 0.4) is 0 Å². The molecule has 0 saturated carbocycles. The van der Waals surface area contributed by atoms with Gasteiger partial charge in [-0.15, -0.1) is 0 Å². The van der Waals surface area contributed by atoms with Gasteiger partial charge < -0.3 is 9.98 Å². The van der Waals surface area contributed by atoms with E-state index in [9.17, 15) is 0 Å².